The monoisotopic (exact) mass is 310 g/mol. The first-order valence-corrected chi connectivity index (χ1v) is 7.22. The second-order valence-electron chi connectivity index (χ2n) is 5.67. The highest BCUT2D eigenvalue weighted by Gasteiger charge is 2.51. The summed E-state index contributed by atoms with van der Waals surface area (Å²) in [6.07, 6.45) is 1.97. The van der Waals surface area contributed by atoms with Gasteiger partial charge in [-0.25, -0.2) is 0 Å². The Morgan fingerprint density at radius 3 is 2.22 bits per heavy atom. The lowest BCUT2D eigenvalue weighted by molar-refractivity contribution is -0.0152. The summed E-state index contributed by atoms with van der Waals surface area (Å²) in [4.78, 5) is 0. The lowest BCUT2D eigenvalue weighted by atomic mass is 9.83. The minimum atomic E-state index is -0.234. The summed E-state index contributed by atoms with van der Waals surface area (Å²) < 4.78 is 12.9. The van der Waals surface area contributed by atoms with Gasteiger partial charge in [0.1, 0.15) is 0 Å². The molecule has 0 amide bonds. The smallest absolute Gasteiger partial charge is 0.403 e. The SMILES string of the molecule is CB1OC(C)(C)C(C)(CCc2ccc(Br)cc2)O1. The zero-order chi connectivity index (χ0) is 13.4. The van der Waals surface area contributed by atoms with E-state index in [0.29, 0.717) is 0 Å². The molecule has 1 heterocycles. The van der Waals surface area contributed by atoms with Crippen molar-refractivity contribution in [2.45, 2.75) is 51.6 Å². The van der Waals surface area contributed by atoms with Crippen LogP contribution >= 0.6 is 15.9 Å². The molecule has 1 aliphatic rings. The Balaban J connectivity index is 2.03. The van der Waals surface area contributed by atoms with Gasteiger partial charge in [-0.3, -0.25) is 0 Å². The molecule has 1 aliphatic heterocycles. The minimum absolute atomic E-state index is 0.116. The van der Waals surface area contributed by atoms with E-state index in [-0.39, 0.29) is 18.3 Å². The van der Waals surface area contributed by atoms with E-state index in [4.69, 9.17) is 9.31 Å². The van der Waals surface area contributed by atoms with Crippen LogP contribution in [-0.4, -0.2) is 18.3 Å². The van der Waals surface area contributed by atoms with Gasteiger partial charge in [0.2, 0.25) is 0 Å². The predicted molar refractivity (Wildman–Crippen MR) is 78.7 cm³/mol. The molecular weight excluding hydrogens is 291 g/mol. The largest absolute Gasteiger partial charge is 0.454 e. The lowest BCUT2D eigenvalue weighted by Gasteiger charge is -2.36. The first-order valence-electron chi connectivity index (χ1n) is 6.42. The summed E-state index contributed by atoms with van der Waals surface area (Å²) >= 11 is 3.45. The Hall–Kier alpha value is -0.315. The number of halogens is 1. The second kappa shape index (κ2) is 4.99. The number of rotatable bonds is 3. The maximum atomic E-state index is 5.98. The van der Waals surface area contributed by atoms with E-state index in [1.165, 1.54) is 5.56 Å². The molecular formula is C14H20BBrO2. The van der Waals surface area contributed by atoms with Gasteiger partial charge in [-0.1, -0.05) is 28.1 Å². The van der Waals surface area contributed by atoms with E-state index in [1.54, 1.807) is 0 Å². The first-order chi connectivity index (χ1) is 8.32. The molecule has 1 aromatic carbocycles. The normalized spacial score (nSPS) is 26.6. The highest BCUT2D eigenvalue weighted by Crippen LogP contribution is 2.40. The molecule has 2 nitrogen and oxygen atoms in total. The van der Waals surface area contributed by atoms with Crippen LogP contribution in [-0.2, 0) is 15.7 Å². The van der Waals surface area contributed by atoms with E-state index >= 15 is 0 Å². The van der Waals surface area contributed by atoms with Crippen molar-refractivity contribution in [3.63, 3.8) is 0 Å². The summed E-state index contributed by atoms with van der Waals surface area (Å²) in [5.41, 5.74) is 0.875. The summed E-state index contributed by atoms with van der Waals surface area (Å²) in [6.45, 7) is 8.33. The highest BCUT2D eigenvalue weighted by atomic mass is 79.9. The molecule has 0 aliphatic carbocycles. The Morgan fingerprint density at radius 2 is 1.72 bits per heavy atom. The zero-order valence-corrected chi connectivity index (χ0v) is 13.1. The average Bonchev–Trinajstić information content (AvgIpc) is 2.47. The number of benzene rings is 1. The third-order valence-corrected chi connectivity index (χ3v) is 4.49. The first kappa shape index (κ1) is 14.1. The van der Waals surface area contributed by atoms with Gasteiger partial charge >= 0.3 is 7.12 Å². The maximum absolute atomic E-state index is 5.98. The maximum Gasteiger partial charge on any atom is 0.454 e. The van der Waals surface area contributed by atoms with Gasteiger partial charge in [-0.2, -0.15) is 0 Å². The Bertz CT molecular complexity index is 418. The van der Waals surface area contributed by atoms with Crippen molar-refractivity contribution in [2.24, 2.45) is 0 Å². The van der Waals surface area contributed by atoms with Crippen molar-refractivity contribution in [3.8, 4) is 0 Å². The van der Waals surface area contributed by atoms with Crippen LogP contribution in [0.15, 0.2) is 28.7 Å². The van der Waals surface area contributed by atoms with E-state index in [2.05, 4.69) is 61.0 Å². The Kier molecular flexibility index (Phi) is 3.91. The molecule has 0 spiro atoms. The predicted octanol–water partition coefficient (Wildman–Crippen LogP) is 4.08. The van der Waals surface area contributed by atoms with Crippen molar-refractivity contribution in [1.82, 2.24) is 0 Å². The molecule has 0 aromatic heterocycles. The van der Waals surface area contributed by atoms with E-state index in [0.717, 1.165) is 17.3 Å². The third-order valence-electron chi connectivity index (χ3n) is 3.96. The van der Waals surface area contributed by atoms with Gasteiger partial charge in [0.25, 0.3) is 0 Å². The second-order valence-corrected chi connectivity index (χ2v) is 6.59. The van der Waals surface area contributed by atoms with Crippen molar-refractivity contribution < 1.29 is 9.31 Å². The van der Waals surface area contributed by atoms with Gasteiger partial charge in [-0.15, -0.1) is 0 Å². The Labute approximate surface area is 118 Å². The van der Waals surface area contributed by atoms with Crippen LogP contribution in [0.25, 0.3) is 0 Å². The summed E-state index contributed by atoms with van der Waals surface area (Å²) in [5, 5.41) is 0. The topological polar surface area (TPSA) is 18.5 Å². The van der Waals surface area contributed by atoms with Gasteiger partial charge in [0, 0.05) is 4.47 Å². The van der Waals surface area contributed by atoms with Crippen molar-refractivity contribution in [3.05, 3.63) is 34.3 Å². The Morgan fingerprint density at radius 1 is 1.11 bits per heavy atom. The molecule has 1 fully saturated rings. The minimum Gasteiger partial charge on any atom is -0.403 e. The molecule has 2 rings (SSSR count). The fourth-order valence-electron chi connectivity index (χ4n) is 2.47. The average molecular weight is 311 g/mol. The molecule has 1 saturated heterocycles. The van der Waals surface area contributed by atoms with Crippen LogP contribution in [0.4, 0.5) is 0 Å². The van der Waals surface area contributed by atoms with E-state index in [1.807, 2.05) is 6.82 Å². The molecule has 98 valence electrons. The molecule has 0 radical (unpaired) electrons. The fourth-order valence-corrected chi connectivity index (χ4v) is 2.73. The van der Waals surface area contributed by atoms with Crippen LogP contribution in [0.5, 0.6) is 0 Å². The van der Waals surface area contributed by atoms with Gasteiger partial charge in [0.15, 0.2) is 0 Å². The number of hydrogen-bond donors (Lipinski definition) is 0. The summed E-state index contributed by atoms with van der Waals surface area (Å²) in [5.74, 6) is 0. The van der Waals surface area contributed by atoms with Crippen molar-refractivity contribution >= 4 is 23.0 Å². The van der Waals surface area contributed by atoms with Crippen molar-refractivity contribution in [1.29, 1.82) is 0 Å². The zero-order valence-electron chi connectivity index (χ0n) is 11.5. The molecule has 0 saturated carbocycles. The number of aryl methyl sites for hydroxylation is 1. The molecule has 1 unspecified atom stereocenters. The van der Waals surface area contributed by atoms with E-state index < -0.39 is 0 Å². The highest BCUT2D eigenvalue weighted by molar-refractivity contribution is 9.10. The van der Waals surface area contributed by atoms with Crippen LogP contribution in [0.1, 0.15) is 32.8 Å². The quantitative estimate of drug-likeness (QED) is 0.783. The fraction of sp³-hybridized carbons (Fsp3) is 0.571. The number of hydrogen-bond acceptors (Lipinski definition) is 2. The van der Waals surface area contributed by atoms with Crippen LogP contribution in [0.2, 0.25) is 6.82 Å². The standard InChI is InChI=1S/C14H20BBrO2/c1-13(2)14(3,18-15(4)17-13)10-9-11-5-7-12(16)8-6-11/h5-8H,9-10H2,1-4H3. The molecule has 0 bridgehead atoms. The van der Waals surface area contributed by atoms with E-state index in [9.17, 15) is 0 Å². The van der Waals surface area contributed by atoms with Crippen molar-refractivity contribution in [2.75, 3.05) is 0 Å². The van der Waals surface area contributed by atoms with Gasteiger partial charge < -0.3 is 9.31 Å². The van der Waals surface area contributed by atoms with Gasteiger partial charge in [0.05, 0.1) is 11.2 Å². The van der Waals surface area contributed by atoms with Crippen LogP contribution in [0, 0.1) is 0 Å². The molecule has 18 heavy (non-hydrogen) atoms. The molecule has 1 atom stereocenters. The lowest BCUT2D eigenvalue weighted by Crippen LogP contribution is -2.45. The molecule has 4 heteroatoms. The molecule has 1 aromatic rings. The summed E-state index contributed by atoms with van der Waals surface area (Å²) in [7, 11) is -0.116. The van der Waals surface area contributed by atoms with Crippen LogP contribution in [0.3, 0.4) is 0 Å². The third kappa shape index (κ3) is 2.81. The van der Waals surface area contributed by atoms with Crippen LogP contribution < -0.4 is 0 Å². The molecule has 0 N–H and O–H groups in total. The van der Waals surface area contributed by atoms with Gasteiger partial charge in [-0.05, 0) is 58.1 Å². The summed E-state index contributed by atoms with van der Waals surface area (Å²) in [6, 6.07) is 8.47.